The van der Waals surface area contributed by atoms with Gasteiger partial charge < -0.3 is 13.8 Å². The van der Waals surface area contributed by atoms with Gasteiger partial charge in [-0.3, -0.25) is 4.90 Å². The number of rotatable bonds is 5. The van der Waals surface area contributed by atoms with E-state index in [-0.39, 0.29) is 0 Å². The predicted molar refractivity (Wildman–Crippen MR) is 89.2 cm³/mol. The van der Waals surface area contributed by atoms with Crippen molar-refractivity contribution in [2.45, 2.75) is 51.9 Å². The average molecular weight is 330 g/mol. The number of nitrogens with zero attached hydrogens (tertiary/aromatic N) is 4. The number of likely N-dealkylation sites (tertiary alicyclic amines) is 1. The molecule has 2 aliphatic rings. The highest BCUT2D eigenvalue weighted by Crippen LogP contribution is 2.51. The number of piperidine rings is 1. The molecule has 0 aromatic carbocycles. The average Bonchev–Trinajstić information content (AvgIpc) is 3.16. The van der Waals surface area contributed by atoms with Crippen molar-refractivity contribution >= 4 is 0 Å². The van der Waals surface area contributed by atoms with Crippen molar-refractivity contribution in [2.75, 3.05) is 13.1 Å². The highest BCUT2D eigenvalue weighted by molar-refractivity contribution is 5.07. The molecule has 24 heavy (non-hydrogen) atoms. The minimum absolute atomic E-state index is 0.349. The Morgan fingerprint density at radius 2 is 2.17 bits per heavy atom. The lowest BCUT2D eigenvalue weighted by molar-refractivity contribution is -0.147. The van der Waals surface area contributed by atoms with E-state index in [1.54, 1.807) is 0 Å². The molecule has 2 aromatic heterocycles. The molecular formula is C18H26N4O2. The van der Waals surface area contributed by atoms with Crippen LogP contribution in [-0.4, -0.2) is 38.8 Å². The molecule has 1 saturated carbocycles. The Kier molecular flexibility index (Phi) is 4.18. The monoisotopic (exact) mass is 330 g/mol. The zero-order valence-electron chi connectivity index (χ0n) is 14.6. The lowest BCUT2D eigenvalue weighted by Crippen LogP contribution is -2.53. The van der Waals surface area contributed by atoms with Crippen molar-refractivity contribution in [3.8, 4) is 0 Å². The van der Waals surface area contributed by atoms with Gasteiger partial charge in [0.05, 0.1) is 6.10 Å². The second kappa shape index (κ2) is 6.33. The first-order valence-electron chi connectivity index (χ1n) is 8.88. The molecule has 1 aliphatic heterocycles. The van der Waals surface area contributed by atoms with E-state index in [4.69, 9.17) is 9.26 Å². The topological polar surface area (TPSA) is 56.3 Å². The third-order valence-corrected chi connectivity index (χ3v) is 5.85. The number of hydrogen-bond donors (Lipinski definition) is 0. The fourth-order valence-corrected chi connectivity index (χ4v) is 4.12. The summed E-state index contributed by atoms with van der Waals surface area (Å²) in [5.74, 6) is 1.27. The van der Waals surface area contributed by atoms with Gasteiger partial charge in [-0.2, -0.15) is 4.98 Å². The Morgan fingerprint density at radius 3 is 2.75 bits per heavy atom. The second-order valence-corrected chi connectivity index (χ2v) is 7.32. The predicted octanol–water partition coefficient (Wildman–Crippen LogP) is 2.68. The van der Waals surface area contributed by atoms with Gasteiger partial charge in [-0.25, -0.2) is 0 Å². The standard InChI is InChI=1S/C18H26N4O2/c1-14-19-17(24-20-14)13-23-16-5-6-18(16)7-10-22(11-8-18)12-15-4-3-9-21(15)2/h3-4,9,16H,5-8,10-13H2,1-2H3. The fraction of sp³-hybridized carbons (Fsp3) is 0.667. The van der Waals surface area contributed by atoms with Crippen molar-refractivity contribution in [3.05, 3.63) is 35.7 Å². The molecule has 6 heteroatoms. The molecular weight excluding hydrogens is 304 g/mol. The van der Waals surface area contributed by atoms with Crippen LogP contribution in [0.25, 0.3) is 0 Å². The molecule has 6 nitrogen and oxygen atoms in total. The molecule has 2 fully saturated rings. The van der Waals surface area contributed by atoms with E-state index in [1.165, 1.54) is 25.0 Å². The van der Waals surface area contributed by atoms with Crippen molar-refractivity contribution in [1.29, 1.82) is 0 Å². The van der Waals surface area contributed by atoms with Crippen LogP contribution in [0.1, 0.15) is 43.1 Å². The summed E-state index contributed by atoms with van der Waals surface area (Å²) in [5, 5.41) is 3.82. The van der Waals surface area contributed by atoms with Gasteiger partial charge in [0.15, 0.2) is 5.82 Å². The van der Waals surface area contributed by atoms with Gasteiger partial charge in [-0.15, -0.1) is 0 Å². The smallest absolute Gasteiger partial charge is 0.252 e. The van der Waals surface area contributed by atoms with Crippen LogP contribution in [0.15, 0.2) is 22.9 Å². The highest BCUT2D eigenvalue weighted by atomic mass is 16.5. The zero-order valence-corrected chi connectivity index (χ0v) is 14.6. The van der Waals surface area contributed by atoms with Gasteiger partial charge in [-0.05, 0) is 63.2 Å². The fourth-order valence-electron chi connectivity index (χ4n) is 4.12. The largest absolute Gasteiger partial charge is 0.368 e. The summed E-state index contributed by atoms with van der Waals surface area (Å²) in [5.41, 5.74) is 1.76. The van der Waals surface area contributed by atoms with Crippen LogP contribution < -0.4 is 0 Å². The van der Waals surface area contributed by atoms with Crippen molar-refractivity contribution in [2.24, 2.45) is 12.5 Å². The van der Waals surface area contributed by atoms with Crippen LogP contribution >= 0.6 is 0 Å². The SMILES string of the molecule is Cc1noc(COC2CCC23CCN(Cc2cccn2C)CC3)n1. The summed E-state index contributed by atoms with van der Waals surface area (Å²) in [6.45, 7) is 5.64. The minimum atomic E-state index is 0.349. The molecule has 1 atom stereocenters. The van der Waals surface area contributed by atoms with Gasteiger partial charge in [-0.1, -0.05) is 5.16 Å². The highest BCUT2D eigenvalue weighted by Gasteiger charge is 2.49. The second-order valence-electron chi connectivity index (χ2n) is 7.32. The molecule has 2 aromatic rings. The van der Waals surface area contributed by atoms with Crippen LogP contribution in [0, 0.1) is 12.3 Å². The lowest BCUT2D eigenvalue weighted by Gasteiger charge is -2.53. The molecule has 130 valence electrons. The summed E-state index contributed by atoms with van der Waals surface area (Å²) in [7, 11) is 2.12. The first kappa shape index (κ1) is 15.8. The summed E-state index contributed by atoms with van der Waals surface area (Å²) in [4.78, 5) is 6.79. The zero-order chi connectivity index (χ0) is 16.6. The Balaban J connectivity index is 1.29. The van der Waals surface area contributed by atoms with E-state index in [2.05, 4.69) is 45.0 Å². The third kappa shape index (κ3) is 3.00. The molecule has 0 radical (unpaired) electrons. The van der Waals surface area contributed by atoms with E-state index in [1.807, 2.05) is 6.92 Å². The Bertz CT molecular complexity index is 685. The number of hydrogen-bond acceptors (Lipinski definition) is 5. The number of aryl methyl sites for hydroxylation is 2. The van der Waals surface area contributed by atoms with Gasteiger partial charge in [0.25, 0.3) is 5.89 Å². The summed E-state index contributed by atoms with van der Waals surface area (Å²) in [6.07, 6.45) is 7.37. The molecule has 1 aliphatic carbocycles. The van der Waals surface area contributed by atoms with Crippen LogP contribution in [0.3, 0.4) is 0 Å². The Labute approximate surface area is 142 Å². The summed E-state index contributed by atoms with van der Waals surface area (Å²) < 4.78 is 13.5. The number of aromatic nitrogens is 3. The molecule has 0 amide bonds. The van der Waals surface area contributed by atoms with Crippen molar-refractivity contribution in [1.82, 2.24) is 19.6 Å². The maximum Gasteiger partial charge on any atom is 0.252 e. The van der Waals surface area contributed by atoms with E-state index in [0.717, 1.165) is 26.1 Å². The third-order valence-electron chi connectivity index (χ3n) is 5.85. The number of ether oxygens (including phenoxy) is 1. The quantitative estimate of drug-likeness (QED) is 0.843. The molecule has 1 unspecified atom stereocenters. The maximum absolute atomic E-state index is 6.11. The van der Waals surface area contributed by atoms with Crippen molar-refractivity contribution in [3.63, 3.8) is 0 Å². The van der Waals surface area contributed by atoms with E-state index in [0.29, 0.717) is 29.8 Å². The molecule has 1 spiro atoms. The van der Waals surface area contributed by atoms with E-state index < -0.39 is 0 Å². The molecule has 0 N–H and O–H groups in total. The maximum atomic E-state index is 6.11. The molecule has 0 bridgehead atoms. The Hall–Kier alpha value is -1.66. The minimum Gasteiger partial charge on any atom is -0.368 e. The first-order valence-corrected chi connectivity index (χ1v) is 8.88. The van der Waals surface area contributed by atoms with Crippen LogP contribution in [-0.2, 0) is 24.9 Å². The summed E-state index contributed by atoms with van der Waals surface area (Å²) >= 11 is 0. The molecule has 3 heterocycles. The Morgan fingerprint density at radius 1 is 1.33 bits per heavy atom. The van der Waals surface area contributed by atoms with Gasteiger partial charge in [0.1, 0.15) is 6.61 Å². The van der Waals surface area contributed by atoms with Crippen LogP contribution in [0.5, 0.6) is 0 Å². The normalized spacial score (nSPS) is 23.5. The van der Waals surface area contributed by atoms with Crippen LogP contribution in [0.4, 0.5) is 0 Å². The van der Waals surface area contributed by atoms with E-state index in [9.17, 15) is 0 Å². The van der Waals surface area contributed by atoms with Gasteiger partial charge in [0, 0.05) is 25.5 Å². The van der Waals surface area contributed by atoms with Crippen LogP contribution in [0.2, 0.25) is 0 Å². The van der Waals surface area contributed by atoms with Gasteiger partial charge >= 0.3 is 0 Å². The van der Waals surface area contributed by atoms with Crippen molar-refractivity contribution < 1.29 is 9.26 Å². The van der Waals surface area contributed by atoms with E-state index >= 15 is 0 Å². The molecule has 4 rings (SSSR count). The lowest BCUT2D eigenvalue weighted by atomic mass is 9.60. The molecule has 1 saturated heterocycles. The summed E-state index contributed by atoms with van der Waals surface area (Å²) in [6, 6.07) is 4.34. The van der Waals surface area contributed by atoms with Gasteiger partial charge in [0.2, 0.25) is 0 Å². The first-order chi connectivity index (χ1) is 11.6.